The molecule has 0 fully saturated rings. The summed E-state index contributed by atoms with van der Waals surface area (Å²) in [6.07, 6.45) is 0.0784. The van der Waals surface area contributed by atoms with Gasteiger partial charge in [0.1, 0.15) is 10.7 Å². The molecule has 0 atom stereocenters. The molecule has 2 aromatic heterocycles. The zero-order valence-electron chi connectivity index (χ0n) is 17.2. The van der Waals surface area contributed by atoms with Gasteiger partial charge >= 0.3 is 0 Å². The number of hydrogen-bond acceptors (Lipinski definition) is 4. The monoisotopic (exact) mass is 417 g/mol. The van der Waals surface area contributed by atoms with Crippen LogP contribution in [0.4, 0.5) is 0 Å². The first-order valence-electron chi connectivity index (χ1n) is 9.80. The molecule has 5 nitrogen and oxygen atoms in total. The van der Waals surface area contributed by atoms with Crippen molar-refractivity contribution in [1.29, 1.82) is 0 Å². The van der Waals surface area contributed by atoms with Crippen molar-refractivity contribution in [2.45, 2.75) is 33.7 Å². The molecule has 30 heavy (non-hydrogen) atoms. The van der Waals surface area contributed by atoms with Crippen molar-refractivity contribution in [3.05, 3.63) is 74.9 Å². The maximum absolute atomic E-state index is 13.6. The highest BCUT2D eigenvalue weighted by molar-refractivity contribution is 7.17. The van der Waals surface area contributed by atoms with Crippen LogP contribution in [0.15, 0.2) is 52.6 Å². The van der Waals surface area contributed by atoms with Crippen LogP contribution in [0.5, 0.6) is 0 Å². The second-order valence-electron chi connectivity index (χ2n) is 7.62. The third-order valence-corrected chi connectivity index (χ3v) is 6.13. The van der Waals surface area contributed by atoms with Gasteiger partial charge in [0.15, 0.2) is 0 Å². The Hall–Kier alpha value is -3.25. The normalized spacial score (nSPS) is 11.2. The molecule has 152 valence electrons. The van der Waals surface area contributed by atoms with Gasteiger partial charge in [0.2, 0.25) is 5.91 Å². The van der Waals surface area contributed by atoms with Crippen LogP contribution in [-0.2, 0) is 11.3 Å². The third-order valence-electron chi connectivity index (χ3n) is 5.26. The Labute approximate surface area is 178 Å². The molecular formula is C24H23N3O2S. The van der Waals surface area contributed by atoms with Crippen LogP contribution in [0.25, 0.3) is 32.7 Å². The average molecular weight is 418 g/mol. The number of hydrogen-bond donors (Lipinski definition) is 1. The van der Waals surface area contributed by atoms with Gasteiger partial charge in [-0.25, -0.2) is 4.98 Å². The summed E-state index contributed by atoms with van der Waals surface area (Å²) in [6, 6.07) is 14.1. The van der Waals surface area contributed by atoms with E-state index in [4.69, 9.17) is 10.7 Å². The van der Waals surface area contributed by atoms with E-state index < -0.39 is 5.91 Å². The van der Waals surface area contributed by atoms with Gasteiger partial charge < -0.3 is 5.73 Å². The lowest BCUT2D eigenvalue weighted by atomic mass is 9.99. The molecule has 1 amide bonds. The molecule has 4 aromatic rings. The smallest absolute Gasteiger partial charge is 0.263 e. The molecule has 2 aromatic carbocycles. The number of primary amides is 1. The van der Waals surface area contributed by atoms with Crippen LogP contribution in [0.1, 0.15) is 23.1 Å². The van der Waals surface area contributed by atoms with E-state index in [0.717, 1.165) is 27.8 Å². The largest absolute Gasteiger partial charge is 0.370 e. The maximum Gasteiger partial charge on any atom is 0.263 e. The van der Waals surface area contributed by atoms with Crippen LogP contribution in [-0.4, -0.2) is 15.5 Å². The number of benzene rings is 2. The molecule has 0 unspecified atom stereocenters. The fourth-order valence-corrected chi connectivity index (χ4v) is 4.62. The summed E-state index contributed by atoms with van der Waals surface area (Å²) >= 11 is 1.46. The highest BCUT2D eigenvalue weighted by atomic mass is 32.1. The topological polar surface area (TPSA) is 78.0 Å². The predicted octanol–water partition coefficient (Wildman–Crippen LogP) is 4.59. The van der Waals surface area contributed by atoms with Crippen molar-refractivity contribution in [2.24, 2.45) is 5.73 Å². The number of rotatable bonds is 5. The first-order valence-corrected chi connectivity index (χ1v) is 10.7. The van der Waals surface area contributed by atoms with Crippen molar-refractivity contribution < 1.29 is 4.79 Å². The molecule has 0 saturated carbocycles. The number of thiophene rings is 1. The minimum Gasteiger partial charge on any atom is -0.370 e. The van der Waals surface area contributed by atoms with Gasteiger partial charge in [0.25, 0.3) is 5.56 Å². The van der Waals surface area contributed by atoms with Gasteiger partial charge in [-0.2, -0.15) is 0 Å². The minimum absolute atomic E-state index is 0.0784. The van der Waals surface area contributed by atoms with E-state index in [1.807, 2.05) is 55.6 Å². The highest BCUT2D eigenvalue weighted by Crippen LogP contribution is 2.34. The standard InChI is InChI=1S/C24H23N3O2S/c1-14-4-7-17(8-5-14)22-26-23-21(24(29)27(22)11-10-20(25)28)19(13-30-23)18-9-6-15(2)12-16(18)3/h4-9,12-13H,10-11H2,1-3H3,(H2,25,28). The summed E-state index contributed by atoms with van der Waals surface area (Å²) in [5.74, 6) is 0.111. The van der Waals surface area contributed by atoms with Crippen molar-refractivity contribution in [2.75, 3.05) is 0 Å². The molecule has 2 N–H and O–H groups in total. The molecule has 0 aliphatic carbocycles. The molecule has 0 saturated heterocycles. The molecule has 0 aliphatic rings. The number of fused-ring (bicyclic) bond motifs is 1. The van der Waals surface area contributed by atoms with Crippen LogP contribution in [0, 0.1) is 20.8 Å². The average Bonchev–Trinajstić information content (AvgIpc) is 3.11. The fraction of sp³-hybridized carbons (Fsp3) is 0.208. The molecule has 0 aliphatic heterocycles. The lowest BCUT2D eigenvalue weighted by Gasteiger charge is -2.13. The van der Waals surface area contributed by atoms with E-state index in [-0.39, 0.29) is 18.5 Å². The SMILES string of the molecule is Cc1ccc(-c2nc3scc(-c4ccc(C)cc4C)c3c(=O)n2CCC(N)=O)cc1. The Morgan fingerprint density at radius 2 is 1.73 bits per heavy atom. The Bertz CT molecular complexity index is 1320. The van der Waals surface area contributed by atoms with Gasteiger partial charge in [0.05, 0.1) is 5.39 Å². The van der Waals surface area contributed by atoms with Crippen molar-refractivity contribution in [1.82, 2.24) is 9.55 Å². The van der Waals surface area contributed by atoms with Crippen molar-refractivity contribution in [3.63, 3.8) is 0 Å². The Morgan fingerprint density at radius 3 is 2.40 bits per heavy atom. The number of aromatic nitrogens is 2. The molecular weight excluding hydrogens is 394 g/mol. The zero-order valence-corrected chi connectivity index (χ0v) is 18.0. The van der Waals surface area contributed by atoms with Crippen LogP contribution in [0.2, 0.25) is 0 Å². The van der Waals surface area contributed by atoms with Crippen molar-refractivity contribution >= 4 is 27.5 Å². The van der Waals surface area contributed by atoms with Crippen LogP contribution in [0.3, 0.4) is 0 Å². The van der Waals surface area contributed by atoms with E-state index in [1.165, 1.54) is 16.9 Å². The number of aryl methyl sites for hydroxylation is 3. The van der Waals surface area contributed by atoms with Gasteiger partial charge in [-0.05, 0) is 31.9 Å². The second-order valence-corrected chi connectivity index (χ2v) is 8.48. The van der Waals surface area contributed by atoms with Gasteiger partial charge in [0, 0.05) is 29.5 Å². The van der Waals surface area contributed by atoms with E-state index >= 15 is 0 Å². The first-order chi connectivity index (χ1) is 14.3. The lowest BCUT2D eigenvalue weighted by Crippen LogP contribution is -2.26. The van der Waals surface area contributed by atoms with E-state index in [9.17, 15) is 9.59 Å². The lowest BCUT2D eigenvalue weighted by molar-refractivity contribution is -0.118. The minimum atomic E-state index is -0.447. The molecule has 6 heteroatoms. The Morgan fingerprint density at radius 1 is 1.03 bits per heavy atom. The molecule has 4 rings (SSSR count). The summed E-state index contributed by atoms with van der Waals surface area (Å²) in [5, 5.41) is 2.58. The summed E-state index contributed by atoms with van der Waals surface area (Å²) in [4.78, 5) is 30.6. The second kappa shape index (κ2) is 7.88. The molecule has 0 spiro atoms. The quantitative estimate of drug-likeness (QED) is 0.516. The van der Waals surface area contributed by atoms with Gasteiger partial charge in [-0.15, -0.1) is 11.3 Å². The van der Waals surface area contributed by atoms with Gasteiger partial charge in [-0.3, -0.25) is 14.2 Å². The van der Waals surface area contributed by atoms with E-state index in [1.54, 1.807) is 4.57 Å². The zero-order chi connectivity index (χ0) is 21.4. The molecule has 0 bridgehead atoms. The summed E-state index contributed by atoms with van der Waals surface area (Å²) in [7, 11) is 0. The first kappa shape index (κ1) is 20.0. The van der Waals surface area contributed by atoms with Crippen LogP contribution >= 0.6 is 11.3 Å². The summed E-state index contributed by atoms with van der Waals surface area (Å²) in [6.45, 7) is 6.30. The fourth-order valence-electron chi connectivity index (χ4n) is 3.69. The predicted molar refractivity (Wildman–Crippen MR) is 123 cm³/mol. The van der Waals surface area contributed by atoms with E-state index in [0.29, 0.717) is 16.0 Å². The Balaban J connectivity index is 1.98. The maximum atomic E-state index is 13.6. The molecule has 2 heterocycles. The summed E-state index contributed by atoms with van der Waals surface area (Å²) < 4.78 is 1.58. The number of nitrogens with two attached hydrogens (primary N) is 1. The van der Waals surface area contributed by atoms with Crippen LogP contribution < -0.4 is 11.3 Å². The van der Waals surface area contributed by atoms with Crippen molar-refractivity contribution in [3.8, 4) is 22.5 Å². The summed E-state index contributed by atoms with van der Waals surface area (Å²) in [5.41, 5.74) is 11.4. The number of nitrogens with zero attached hydrogens (tertiary/aromatic N) is 2. The molecule has 0 radical (unpaired) electrons. The van der Waals surface area contributed by atoms with E-state index in [2.05, 4.69) is 13.0 Å². The highest BCUT2D eigenvalue weighted by Gasteiger charge is 2.19. The number of amides is 1. The third kappa shape index (κ3) is 3.66. The van der Waals surface area contributed by atoms with Gasteiger partial charge in [-0.1, -0.05) is 53.6 Å². The number of carbonyl (C=O) groups is 1. The number of carbonyl (C=O) groups excluding carboxylic acids is 1. The Kier molecular flexibility index (Phi) is 5.26.